The van der Waals surface area contributed by atoms with Gasteiger partial charge in [-0.25, -0.2) is 0 Å². The lowest BCUT2D eigenvalue weighted by Gasteiger charge is -2.28. The largest absolute Gasteiger partial charge is 0.309 e. The summed E-state index contributed by atoms with van der Waals surface area (Å²) in [6.45, 7) is 1.75. The summed E-state index contributed by atoms with van der Waals surface area (Å²) in [5, 5.41) is 3.91. The zero-order valence-electron chi connectivity index (χ0n) is 7.96. The van der Waals surface area contributed by atoms with E-state index >= 15 is 0 Å². The standard InChI is InChI=1S/C10H10Cl2N2O/c11-7-2-1-3-8(10(7)12)14-5-4-13-6-9(14)15/h1-3,13H,4-6H2. The molecule has 0 aromatic heterocycles. The van der Waals surface area contributed by atoms with Crippen LogP contribution in [0, 0.1) is 0 Å². The Morgan fingerprint density at radius 1 is 1.33 bits per heavy atom. The molecule has 0 atom stereocenters. The molecule has 1 aromatic carbocycles. The first-order chi connectivity index (χ1) is 7.20. The van der Waals surface area contributed by atoms with Gasteiger partial charge in [0.25, 0.3) is 0 Å². The van der Waals surface area contributed by atoms with E-state index in [1.165, 1.54) is 0 Å². The van der Waals surface area contributed by atoms with E-state index in [1.54, 1.807) is 23.1 Å². The molecule has 3 nitrogen and oxygen atoms in total. The minimum Gasteiger partial charge on any atom is -0.309 e. The van der Waals surface area contributed by atoms with Gasteiger partial charge in [0.15, 0.2) is 0 Å². The summed E-state index contributed by atoms with van der Waals surface area (Å²) in [5.41, 5.74) is 0.690. The fraction of sp³-hybridized carbons (Fsp3) is 0.300. The fourth-order valence-electron chi connectivity index (χ4n) is 1.56. The highest BCUT2D eigenvalue weighted by Gasteiger charge is 2.21. The highest BCUT2D eigenvalue weighted by atomic mass is 35.5. The summed E-state index contributed by atoms with van der Waals surface area (Å²) < 4.78 is 0. The third-order valence-electron chi connectivity index (χ3n) is 2.31. The maximum absolute atomic E-state index is 11.6. The number of carbonyl (C=O) groups excluding carboxylic acids is 1. The topological polar surface area (TPSA) is 32.3 Å². The maximum atomic E-state index is 11.6. The predicted octanol–water partition coefficient (Wildman–Crippen LogP) is 1.93. The first-order valence-corrected chi connectivity index (χ1v) is 5.41. The van der Waals surface area contributed by atoms with E-state index in [0.29, 0.717) is 28.8 Å². The molecule has 0 bridgehead atoms. The molecule has 1 aliphatic rings. The lowest BCUT2D eigenvalue weighted by atomic mass is 10.2. The summed E-state index contributed by atoms with van der Waals surface area (Å²) >= 11 is 11.9. The second-order valence-corrected chi connectivity index (χ2v) is 4.08. The van der Waals surface area contributed by atoms with Crippen LogP contribution in [-0.4, -0.2) is 25.5 Å². The van der Waals surface area contributed by atoms with Crippen LogP contribution >= 0.6 is 23.2 Å². The van der Waals surface area contributed by atoms with E-state index in [2.05, 4.69) is 5.32 Å². The molecule has 1 N–H and O–H groups in total. The van der Waals surface area contributed by atoms with Gasteiger partial charge in [-0.2, -0.15) is 0 Å². The third kappa shape index (κ3) is 2.09. The number of nitrogens with zero attached hydrogens (tertiary/aromatic N) is 1. The van der Waals surface area contributed by atoms with Crippen LogP contribution in [0.4, 0.5) is 5.69 Å². The van der Waals surface area contributed by atoms with E-state index in [-0.39, 0.29) is 5.91 Å². The molecule has 0 unspecified atom stereocenters. The number of hydrogen-bond donors (Lipinski definition) is 1. The number of anilines is 1. The Morgan fingerprint density at radius 2 is 2.13 bits per heavy atom. The average molecular weight is 245 g/mol. The number of hydrogen-bond acceptors (Lipinski definition) is 2. The summed E-state index contributed by atoms with van der Waals surface area (Å²) in [4.78, 5) is 13.3. The molecule has 1 aliphatic heterocycles. The van der Waals surface area contributed by atoms with Gasteiger partial charge in [-0.3, -0.25) is 4.79 Å². The minimum atomic E-state index is 0.0189. The zero-order chi connectivity index (χ0) is 10.8. The molecular formula is C10H10Cl2N2O. The molecule has 80 valence electrons. The first-order valence-electron chi connectivity index (χ1n) is 4.65. The van der Waals surface area contributed by atoms with Crippen LogP contribution in [-0.2, 0) is 4.79 Å². The van der Waals surface area contributed by atoms with Gasteiger partial charge in [0.2, 0.25) is 5.91 Å². The SMILES string of the molecule is O=C1CNCCN1c1cccc(Cl)c1Cl. The molecule has 2 rings (SSSR count). The summed E-state index contributed by atoms with van der Waals surface area (Å²) in [5.74, 6) is 0.0189. The third-order valence-corrected chi connectivity index (χ3v) is 3.12. The Kier molecular flexibility index (Phi) is 3.14. The molecule has 1 heterocycles. The van der Waals surface area contributed by atoms with Crippen LogP contribution in [0.2, 0.25) is 10.0 Å². The molecule has 1 saturated heterocycles. The summed E-state index contributed by atoms with van der Waals surface area (Å²) in [6.07, 6.45) is 0. The van der Waals surface area contributed by atoms with Gasteiger partial charge < -0.3 is 10.2 Å². The van der Waals surface area contributed by atoms with Gasteiger partial charge in [-0.1, -0.05) is 29.3 Å². The maximum Gasteiger partial charge on any atom is 0.241 e. The number of carbonyl (C=O) groups is 1. The van der Waals surface area contributed by atoms with Crippen molar-refractivity contribution in [1.29, 1.82) is 0 Å². The first kappa shape index (κ1) is 10.7. The molecule has 0 spiro atoms. The van der Waals surface area contributed by atoms with Crippen molar-refractivity contribution in [3.63, 3.8) is 0 Å². The van der Waals surface area contributed by atoms with Crippen LogP contribution in [0.25, 0.3) is 0 Å². The van der Waals surface area contributed by atoms with Gasteiger partial charge >= 0.3 is 0 Å². The van der Waals surface area contributed by atoms with Crippen LogP contribution in [0.15, 0.2) is 18.2 Å². The highest BCUT2D eigenvalue weighted by molar-refractivity contribution is 6.44. The fourth-order valence-corrected chi connectivity index (χ4v) is 1.96. The zero-order valence-corrected chi connectivity index (χ0v) is 9.48. The van der Waals surface area contributed by atoms with Crippen molar-refractivity contribution in [2.75, 3.05) is 24.5 Å². The highest BCUT2D eigenvalue weighted by Crippen LogP contribution is 2.32. The van der Waals surface area contributed by atoms with Gasteiger partial charge in [0.1, 0.15) is 0 Å². The molecule has 15 heavy (non-hydrogen) atoms. The average Bonchev–Trinajstić information content (AvgIpc) is 2.23. The van der Waals surface area contributed by atoms with Crippen molar-refractivity contribution in [3.8, 4) is 0 Å². The lowest BCUT2D eigenvalue weighted by molar-refractivity contribution is -0.118. The minimum absolute atomic E-state index is 0.0189. The Hall–Kier alpha value is -0.770. The van der Waals surface area contributed by atoms with Gasteiger partial charge in [-0.05, 0) is 12.1 Å². The van der Waals surface area contributed by atoms with E-state index in [1.807, 2.05) is 0 Å². The molecule has 0 radical (unpaired) electrons. The molecule has 0 aliphatic carbocycles. The number of nitrogens with one attached hydrogen (secondary N) is 1. The van der Waals surface area contributed by atoms with E-state index in [0.717, 1.165) is 6.54 Å². The van der Waals surface area contributed by atoms with Gasteiger partial charge in [0.05, 0.1) is 22.3 Å². The second kappa shape index (κ2) is 4.39. The van der Waals surface area contributed by atoms with Crippen molar-refractivity contribution in [2.24, 2.45) is 0 Å². The van der Waals surface area contributed by atoms with Crippen molar-refractivity contribution in [1.82, 2.24) is 5.32 Å². The number of amides is 1. The number of piperazine rings is 1. The second-order valence-electron chi connectivity index (χ2n) is 3.30. The van der Waals surface area contributed by atoms with Gasteiger partial charge in [0, 0.05) is 13.1 Å². The van der Waals surface area contributed by atoms with Gasteiger partial charge in [-0.15, -0.1) is 0 Å². The lowest BCUT2D eigenvalue weighted by Crippen LogP contribution is -2.48. The molecule has 0 saturated carbocycles. The van der Waals surface area contributed by atoms with Crippen molar-refractivity contribution < 1.29 is 4.79 Å². The number of rotatable bonds is 1. The van der Waals surface area contributed by atoms with E-state index < -0.39 is 0 Å². The Bertz CT molecular complexity index is 395. The van der Waals surface area contributed by atoms with Crippen LogP contribution < -0.4 is 10.2 Å². The van der Waals surface area contributed by atoms with Crippen molar-refractivity contribution >= 4 is 34.8 Å². The molecule has 1 aromatic rings. The van der Waals surface area contributed by atoms with Crippen molar-refractivity contribution in [3.05, 3.63) is 28.2 Å². The molecular weight excluding hydrogens is 235 g/mol. The van der Waals surface area contributed by atoms with E-state index in [9.17, 15) is 4.79 Å². The van der Waals surface area contributed by atoms with Crippen molar-refractivity contribution in [2.45, 2.75) is 0 Å². The Balaban J connectivity index is 2.35. The molecule has 1 amide bonds. The summed E-state index contributed by atoms with van der Waals surface area (Å²) in [6, 6.07) is 5.30. The Morgan fingerprint density at radius 3 is 2.87 bits per heavy atom. The smallest absolute Gasteiger partial charge is 0.241 e. The number of halogens is 2. The van der Waals surface area contributed by atoms with Crippen LogP contribution in [0.5, 0.6) is 0 Å². The number of benzene rings is 1. The molecule has 5 heteroatoms. The quantitative estimate of drug-likeness (QED) is 0.819. The van der Waals surface area contributed by atoms with E-state index in [4.69, 9.17) is 23.2 Å². The monoisotopic (exact) mass is 244 g/mol. The Labute approximate surface area is 98.0 Å². The van der Waals surface area contributed by atoms with Crippen LogP contribution in [0.3, 0.4) is 0 Å². The summed E-state index contributed by atoms with van der Waals surface area (Å²) in [7, 11) is 0. The predicted molar refractivity (Wildman–Crippen MR) is 61.7 cm³/mol. The molecule has 1 fully saturated rings. The van der Waals surface area contributed by atoms with Crippen LogP contribution in [0.1, 0.15) is 0 Å². The normalized spacial score (nSPS) is 16.9.